The van der Waals surface area contributed by atoms with Crippen LogP contribution in [-0.2, 0) is 24.2 Å². The van der Waals surface area contributed by atoms with E-state index in [2.05, 4.69) is 10.0 Å². The summed E-state index contributed by atoms with van der Waals surface area (Å²) in [6.45, 7) is 5.13. The normalized spacial score (nSPS) is 22.4. The van der Waals surface area contributed by atoms with Gasteiger partial charge in [0.1, 0.15) is 0 Å². The molecule has 8 nitrogen and oxygen atoms in total. The summed E-state index contributed by atoms with van der Waals surface area (Å²) in [5.41, 5.74) is 0.104. The summed E-state index contributed by atoms with van der Waals surface area (Å²) in [5.74, 6) is -0.351. The van der Waals surface area contributed by atoms with Crippen LogP contribution in [0.2, 0.25) is 0 Å². The first-order valence-corrected chi connectivity index (χ1v) is 10.0. The van der Waals surface area contributed by atoms with Crippen molar-refractivity contribution in [3.8, 4) is 0 Å². The van der Waals surface area contributed by atoms with Crippen LogP contribution in [-0.4, -0.2) is 66.6 Å². The third kappa shape index (κ3) is 4.80. The maximum atomic E-state index is 12.5. The second kappa shape index (κ2) is 8.01. The van der Waals surface area contributed by atoms with E-state index < -0.39 is 10.0 Å². The Bertz CT molecular complexity index is 741. The lowest BCUT2D eigenvalue weighted by Gasteiger charge is -2.37. The number of rotatable bonds is 7. The Kier molecular flexibility index (Phi) is 5.93. The van der Waals surface area contributed by atoms with Gasteiger partial charge in [0, 0.05) is 24.1 Å². The standard InChI is InChI=1S/C17H24N2O6S/c1-17(11-24-12-17)10-19-26(21,22)15-4-2-3-13(7-15)16(20)18-8-14-9-23-5-6-25-14/h2-4,7,14,19H,5-6,8-12H2,1H3,(H,18,20)/t14-/m0/s1. The summed E-state index contributed by atoms with van der Waals surface area (Å²) in [6, 6.07) is 5.97. The molecule has 9 heteroatoms. The summed E-state index contributed by atoms with van der Waals surface area (Å²) < 4.78 is 43.4. The largest absolute Gasteiger partial charge is 0.380 e. The Morgan fingerprint density at radius 1 is 1.27 bits per heavy atom. The van der Waals surface area contributed by atoms with Gasteiger partial charge in [0.2, 0.25) is 10.0 Å². The van der Waals surface area contributed by atoms with Crippen LogP contribution in [0.3, 0.4) is 0 Å². The number of carbonyl (C=O) groups excluding carboxylic acids is 1. The molecule has 2 aliphatic heterocycles. The molecular weight excluding hydrogens is 360 g/mol. The molecule has 2 N–H and O–H groups in total. The zero-order valence-corrected chi connectivity index (χ0v) is 15.5. The van der Waals surface area contributed by atoms with Crippen molar-refractivity contribution < 1.29 is 27.4 Å². The topological polar surface area (TPSA) is 103 Å². The van der Waals surface area contributed by atoms with Gasteiger partial charge in [-0.15, -0.1) is 0 Å². The van der Waals surface area contributed by atoms with Gasteiger partial charge in [-0.1, -0.05) is 13.0 Å². The molecule has 1 aromatic carbocycles. The van der Waals surface area contributed by atoms with Gasteiger partial charge in [0.15, 0.2) is 0 Å². The van der Waals surface area contributed by atoms with E-state index in [0.29, 0.717) is 46.1 Å². The van der Waals surface area contributed by atoms with E-state index in [1.807, 2.05) is 6.92 Å². The Morgan fingerprint density at radius 3 is 2.73 bits per heavy atom. The molecule has 0 bridgehead atoms. The molecule has 2 fully saturated rings. The predicted molar refractivity (Wildman–Crippen MR) is 93.4 cm³/mol. The number of amides is 1. The van der Waals surface area contributed by atoms with E-state index in [1.54, 1.807) is 12.1 Å². The number of ether oxygens (including phenoxy) is 3. The molecule has 0 unspecified atom stereocenters. The first-order valence-electron chi connectivity index (χ1n) is 8.53. The number of nitrogens with one attached hydrogen (secondary N) is 2. The molecule has 2 heterocycles. The molecule has 144 valence electrons. The number of sulfonamides is 1. The lowest BCUT2D eigenvalue weighted by Crippen LogP contribution is -2.48. The SMILES string of the molecule is CC1(CNS(=O)(=O)c2cccc(C(=O)NC[C@H]3COCCO3)c2)COC1. The summed E-state index contributed by atoms with van der Waals surface area (Å²) in [5, 5.41) is 2.75. The van der Waals surface area contributed by atoms with E-state index in [9.17, 15) is 13.2 Å². The van der Waals surface area contributed by atoms with Crippen molar-refractivity contribution in [1.29, 1.82) is 0 Å². The Morgan fingerprint density at radius 2 is 2.08 bits per heavy atom. The molecule has 0 radical (unpaired) electrons. The Balaban J connectivity index is 1.60. The molecular formula is C17H24N2O6S. The average molecular weight is 384 g/mol. The molecule has 26 heavy (non-hydrogen) atoms. The van der Waals surface area contributed by atoms with Crippen LogP contribution in [0.25, 0.3) is 0 Å². The van der Waals surface area contributed by atoms with Crippen molar-refractivity contribution >= 4 is 15.9 Å². The summed E-state index contributed by atoms with van der Waals surface area (Å²) in [4.78, 5) is 12.4. The summed E-state index contributed by atoms with van der Waals surface area (Å²) in [6.07, 6.45) is -0.188. The number of benzene rings is 1. The first kappa shape index (κ1) is 19.2. The third-order valence-corrected chi connectivity index (χ3v) is 5.77. The molecule has 2 aliphatic rings. The molecule has 2 saturated heterocycles. The Hall–Kier alpha value is -1.52. The van der Waals surface area contributed by atoms with Crippen LogP contribution >= 0.6 is 0 Å². The van der Waals surface area contributed by atoms with E-state index in [-0.39, 0.29) is 27.9 Å². The minimum atomic E-state index is -3.69. The highest BCUT2D eigenvalue weighted by Gasteiger charge is 2.34. The monoisotopic (exact) mass is 384 g/mol. The van der Waals surface area contributed by atoms with Crippen molar-refractivity contribution in [3.05, 3.63) is 29.8 Å². The van der Waals surface area contributed by atoms with Crippen molar-refractivity contribution in [2.75, 3.05) is 46.1 Å². The highest BCUT2D eigenvalue weighted by Crippen LogP contribution is 2.26. The number of hydrogen-bond acceptors (Lipinski definition) is 6. The van der Waals surface area contributed by atoms with Gasteiger partial charge >= 0.3 is 0 Å². The molecule has 0 saturated carbocycles. The quantitative estimate of drug-likeness (QED) is 0.694. The van der Waals surface area contributed by atoms with Crippen LogP contribution in [0, 0.1) is 5.41 Å². The second-order valence-corrected chi connectivity index (χ2v) is 8.70. The zero-order valence-electron chi connectivity index (χ0n) is 14.7. The average Bonchev–Trinajstić information content (AvgIpc) is 2.64. The fraction of sp³-hybridized carbons (Fsp3) is 0.588. The van der Waals surface area contributed by atoms with E-state index >= 15 is 0 Å². The van der Waals surface area contributed by atoms with Crippen LogP contribution in [0.15, 0.2) is 29.2 Å². The first-order chi connectivity index (χ1) is 12.4. The van der Waals surface area contributed by atoms with Crippen molar-refractivity contribution in [3.63, 3.8) is 0 Å². The van der Waals surface area contributed by atoms with Crippen LogP contribution in [0.1, 0.15) is 17.3 Å². The van der Waals surface area contributed by atoms with Gasteiger partial charge in [0.25, 0.3) is 5.91 Å². The van der Waals surface area contributed by atoms with E-state index in [0.717, 1.165) is 0 Å². The van der Waals surface area contributed by atoms with Crippen LogP contribution in [0.4, 0.5) is 0 Å². The molecule has 0 aromatic heterocycles. The second-order valence-electron chi connectivity index (χ2n) is 6.93. The minimum Gasteiger partial charge on any atom is -0.380 e. The number of carbonyl (C=O) groups is 1. The van der Waals surface area contributed by atoms with Crippen LogP contribution in [0.5, 0.6) is 0 Å². The van der Waals surface area contributed by atoms with Gasteiger partial charge in [-0.2, -0.15) is 0 Å². The molecule has 0 aliphatic carbocycles. The maximum Gasteiger partial charge on any atom is 0.251 e. The van der Waals surface area contributed by atoms with Gasteiger partial charge in [-0.25, -0.2) is 13.1 Å². The zero-order chi connectivity index (χ0) is 18.6. The molecule has 1 amide bonds. The molecule has 1 aromatic rings. The fourth-order valence-electron chi connectivity index (χ4n) is 2.67. The minimum absolute atomic E-state index is 0.0613. The van der Waals surface area contributed by atoms with Crippen molar-refractivity contribution in [2.24, 2.45) is 5.41 Å². The number of hydrogen-bond donors (Lipinski definition) is 2. The van der Waals surface area contributed by atoms with Gasteiger partial charge < -0.3 is 19.5 Å². The van der Waals surface area contributed by atoms with Gasteiger partial charge in [0.05, 0.1) is 44.0 Å². The maximum absolute atomic E-state index is 12.5. The van der Waals surface area contributed by atoms with E-state index in [4.69, 9.17) is 14.2 Å². The lowest BCUT2D eigenvalue weighted by molar-refractivity contribution is -0.0965. The van der Waals surface area contributed by atoms with Crippen molar-refractivity contribution in [2.45, 2.75) is 17.9 Å². The van der Waals surface area contributed by atoms with Gasteiger partial charge in [-0.05, 0) is 18.2 Å². The molecule has 1 atom stereocenters. The smallest absolute Gasteiger partial charge is 0.251 e. The van der Waals surface area contributed by atoms with Gasteiger partial charge in [-0.3, -0.25) is 4.79 Å². The van der Waals surface area contributed by atoms with Crippen molar-refractivity contribution in [1.82, 2.24) is 10.0 Å². The van der Waals surface area contributed by atoms with Crippen LogP contribution < -0.4 is 10.0 Å². The van der Waals surface area contributed by atoms with E-state index in [1.165, 1.54) is 12.1 Å². The predicted octanol–water partition coefficient (Wildman–Crippen LogP) is 0.147. The summed E-state index contributed by atoms with van der Waals surface area (Å²) >= 11 is 0. The Labute approximate surface area is 153 Å². The lowest BCUT2D eigenvalue weighted by atomic mass is 9.89. The molecule has 3 rings (SSSR count). The fourth-order valence-corrected chi connectivity index (χ4v) is 3.92. The highest BCUT2D eigenvalue weighted by molar-refractivity contribution is 7.89. The highest BCUT2D eigenvalue weighted by atomic mass is 32.2. The molecule has 0 spiro atoms. The third-order valence-electron chi connectivity index (χ3n) is 4.37. The summed E-state index contributed by atoms with van der Waals surface area (Å²) in [7, 11) is -3.69.